The van der Waals surface area contributed by atoms with Crippen molar-refractivity contribution in [1.29, 1.82) is 0 Å². The number of phenolic OH excluding ortho intramolecular Hbond substituents is 1. The molecule has 0 aliphatic heterocycles. The summed E-state index contributed by atoms with van der Waals surface area (Å²) in [5.41, 5.74) is 4.02. The standard InChI is InChI=1S/C27H29N3O4.ClH/c1-5-33-27(32)25-23(17-34-19-11-7-6-8-12-19)30(4)22-14-20(18-10-9-13-28-15-18)26(31)21(24(22)25)16-29(2)3;/h6-15,31H,5,16-17H2,1-4H3;1H. The Morgan fingerprint density at radius 3 is 2.51 bits per heavy atom. The van der Waals surface area contributed by atoms with E-state index in [1.165, 1.54) is 0 Å². The molecule has 0 saturated heterocycles. The van der Waals surface area contributed by atoms with Gasteiger partial charge >= 0.3 is 5.97 Å². The van der Waals surface area contributed by atoms with E-state index in [-0.39, 0.29) is 31.4 Å². The van der Waals surface area contributed by atoms with Gasteiger partial charge in [-0.2, -0.15) is 0 Å². The van der Waals surface area contributed by atoms with Gasteiger partial charge in [-0.25, -0.2) is 4.79 Å². The smallest absolute Gasteiger partial charge is 0.340 e. The third-order valence-corrected chi connectivity index (χ3v) is 5.73. The molecule has 0 fully saturated rings. The summed E-state index contributed by atoms with van der Waals surface area (Å²) in [6, 6.07) is 15.1. The number of ether oxygens (including phenoxy) is 2. The number of aromatic nitrogens is 2. The van der Waals surface area contributed by atoms with E-state index in [1.54, 1.807) is 19.3 Å². The molecule has 0 bridgehead atoms. The second-order valence-electron chi connectivity index (χ2n) is 8.33. The van der Waals surface area contributed by atoms with Gasteiger partial charge in [0.25, 0.3) is 0 Å². The first-order valence-electron chi connectivity index (χ1n) is 11.2. The molecule has 7 nitrogen and oxygen atoms in total. The average Bonchev–Trinajstić information content (AvgIpc) is 3.12. The van der Waals surface area contributed by atoms with E-state index in [0.717, 1.165) is 11.1 Å². The van der Waals surface area contributed by atoms with E-state index in [9.17, 15) is 9.90 Å². The van der Waals surface area contributed by atoms with E-state index in [1.807, 2.05) is 79.1 Å². The number of para-hydroxylation sites is 1. The SMILES string of the molecule is CCOC(=O)c1c(COc2ccccc2)n(C)c2cc(-c3cccnc3)c(O)c(CN(C)C)c12.Cl. The van der Waals surface area contributed by atoms with E-state index in [0.29, 0.717) is 40.1 Å². The second-order valence-corrected chi connectivity index (χ2v) is 8.33. The molecule has 2 heterocycles. The van der Waals surface area contributed by atoms with E-state index >= 15 is 0 Å². The molecule has 1 N–H and O–H groups in total. The fourth-order valence-corrected chi connectivity index (χ4v) is 4.19. The van der Waals surface area contributed by atoms with Crippen LogP contribution in [-0.2, 0) is 24.9 Å². The normalized spacial score (nSPS) is 10.9. The first-order chi connectivity index (χ1) is 16.4. The molecule has 2 aromatic heterocycles. The van der Waals surface area contributed by atoms with Crippen molar-refractivity contribution < 1.29 is 19.4 Å². The van der Waals surface area contributed by atoms with Crippen LogP contribution in [0.15, 0.2) is 60.9 Å². The van der Waals surface area contributed by atoms with Crippen molar-refractivity contribution in [3.8, 4) is 22.6 Å². The van der Waals surface area contributed by atoms with Gasteiger partial charge in [-0.3, -0.25) is 4.98 Å². The molecule has 0 saturated carbocycles. The molecule has 4 aromatic rings. The predicted molar refractivity (Wildman–Crippen MR) is 139 cm³/mol. The Morgan fingerprint density at radius 1 is 1.14 bits per heavy atom. The van der Waals surface area contributed by atoms with Crippen LogP contribution in [0.25, 0.3) is 22.0 Å². The van der Waals surface area contributed by atoms with Crippen LogP contribution in [0.1, 0.15) is 28.5 Å². The number of hydrogen-bond acceptors (Lipinski definition) is 6. The molecule has 184 valence electrons. The number of nitrogens with zero attached hydrogens (tertiary/aromatic N) is 3. The van der Waals surface area contributed by atoms with Crippen LogP contribution in [0.2, 0.25) is 0 Å². The van der Waals surface area contributed by atoms with Crippen molar-refractivity contribution in [2.24, 2.45) is 7.05 Å². The topological polar surface area (TPSA) is 76.8 Å². The number of rotatable bonds is 8. The lowest BCUT2D eigenvalue weighted by Gasteiger charge is -2.17. The van der Waals surface area contributed by atoms with Crippen LogP contribution in [0.3, 0.4) is 0 Å². The number of phenols is 1. The van der Waals surface area contributed by atoms with Gasteiger partial charge in [0.2, 0.25) is 0 Å². The molecule has 2 aromatic carbocycles. The molecule has 4 rings (SSSR count). The van der Waals surface area contributed by atoms with Gasteiger partial charge < -0.3 is 24.0 Å². The zero-order chi connectivity index (χ0) is 24.2. The number of pyridine rings is 1. The molecule has 0 spiro atoms. The Bertz CT molecular complexity index is 1310. The van der Waals surface area contributed by atoms with Gasteiger partial charge in [0.05, 0.1) is 23.4 Å². The fourth-order valence-electron chi connectivity index (χ4n) is 4.19. The number of carbonyl (C=O) groups is 1. The first kappa shape index (κ1) is 26.1. The lowest BCUT2D eigenvalue weighted by molar-refractivity contribution is 0.0525. The summed E-state index contributed by atoms with van der Waals surface area (Å²) in [5, 5.41) is 12.1. The highest BCUT2D eigenvalue weighted by molar-refractivity contribution is 6.09. The maximum Gasteiger partial charge on any atom is 0.340 e. The summed E-state index contributed by atoms with van der Waals surface area (Å²) in [6.07, 6.45) is 3.41. The lowest BCUT2D eigenvalue weighted by Crippen LogP contribution is -2.13. The summed E-state index contributed by atoms with van der Waals surface area (Å²) in [6.45, 7) is 2.64. The molecule has 8 heteroatoms. The highest BCUT2D eigenvalue weighted by Gasteiger charge is 2.28. The van der Waals surface area contributed by atoms with Crippen molar-refractivity contribution in [3.63, 3.8) is 0 Å². The Morgan fingerprint density at radius 2 is 1.89 bits per heavy atom. The van der Waals surface area contributed by atoms with E-state index in [2.05, 4.69) is 4.98 Å². The summed E-state index contributed by atoms with van der Waals surface area (Å²) in [7, 11) is 5.75. The maximum atomic E-state index is 13.2. The maximum absolute atomic E-state index is 13.2. The number of esters is 1. The van der Waals surface area contributed by atoms with E-state index < -0.39 is 5.97 Å². The summed E-state index contributed by atoms with van der Waals surface area (Å²) in [4.78, 5) is 19.4. The largest absolute Gasteiger partial charge is 0.507 e. The molecule has 0 aliphatic carbocycles. The highest BCUT2D eigenvalue weighted by atomic mass is 35.5. The Balaban J connectivity index is 0.00000342. The molecule has 0 unspecified atom stereocenters. The molecular formula is C27H30ClN3O4. The van der Waals surface area contributed by atoms with Crippen LogP contribution in [0.4, 0.5) is 0 Å². The van der Waals surface area contributed by atoms with Crippen LogP contribution in [0, 0.1) is 0 Å². The van der Waals surface area contributed by atoms with Gasteiger partial charge in [0.15, 0.2) is 0 Å². The van der Waals surface area contributed by atoms with Gasteiger partial charge in [0, 0.05) is 48.1 Å². The minimum absolute atomic E-state index is 0. The van der Waals surface area contributed by atoms with Crippen molar-refractivity contribution in [2.75, 3.05) is 20.7 Å². The van der Waals surface area contributed by atoms with Gasteiger partial charge in [0.1, 0.15) is 18.1 Å². The third-order valence-electron chi connectivity index (χ3n) is 5.73. The molecule has 0 radical (unpaired) electrons. The van der Waals surface area contributed by atoms with Gasteiger partial charge in [-0.1, -0.05) is 24.3 Å². The number of aryl methyl sites for hydroxylation is 1. The molecule has 0 amide bonds. The summed E-state index contributed by atoms with van der Waals surface area (Å²) < 4.78 is 13.4. The zero-order valence-electron chi connectivity index (χ0n) is 20.3. The molecule has 35 heavy (non-hydrogen) atoms. The van der Waals surface area contributed by atoms with Crippen LogP contribution in [-0.4, -0.2) is 46.2 Å². The number of fused-ring (bicyclic) bond motifs is 1. The van der Waals surface area contributed by atoms with Crippen molar-refractivity contribution in [2.45, 2.75) is 20.1 Å². The van der Waals surface area contributed by atoms with Crippen molar-refractivity contribution in [3.05, 3.63) is 77.7 Å². The van der Waals surface area contributed by atoms with Crippen molar-refractivity contribution in [1.82, 2.24) is 14.5 Å². The molecule has 0 atom stereocenters. The monoisotopic (exact) mass is 495 g/mol. The predicted octanol–water partition coefficient (Wildman–Crippen LogP) is 5.19. The molecular weight excluding hydrogens is 466 g/mol. The fraction of sp³-hybridized carbons (Fsp3) is 0.259. The van der Waals surface area contributed by atoms with Crippen LogP contribution in [0.5, 0.6) is 11.5 Å². The summed E-state index contributed by atoms with van der Waals surface area (Å²) in [5.74, 6) is 0.393. The van der Waals surface area contributed by atoms with Crippen molar-refractivity contribution >= 4 is 29.3 Å². The summed E-state index contributed by atoms with van der Waals surface area (Å²) >= 11 is 0. The average molecular weight is 496 g/mol. The number of halogens is 1. The quantitative estimate of drug-likeness (QED) is 0.339. The number of carbonyl (C=O) groups excluding carboxylic acids is 1. The minimum Gasteiger partial charge on any atom is -0.507 e. The van der Waals surface area contributed by atoms with Gasteiger partial charge in [-0.15, -0.1) is 12.4 Å². The number of hydrogen-bond donors (Lipinski definition) is 1. The Labute approximate surface area is 211 Å². The van der Waals surface area contributed by atoms with E-state index in [4.69, 9.17) is 9.47 Å². The second kappa shape index (κ2) is 11.3. The van der Waals surface area contributed by atoms with Crippen LogP contribution < -0.4 is 4.74 Å². The lowest BCUT2D eigenvalue weighted by atomic mass is 9.96. The Hall–Kier alpha value is -3.55. The highest BCUT2D eigenvalue weighted by Crippen LogP contribution is 2.41. The number of benzene rings is 2. The van der Waals surface area contributed by atoms with Gasteiger partial charge in [-0.05, 0) is 45.3 Å². The van der Waals surface area contributed by atoms with Crippen LogP contribution >= 0.6 is 12.4 Å². The minimum atomic E-state index is -0.437. The molecule has 0 aliphatic rings. The number of aromatic hydroxyl groups is 1. The Kier molecular flexibility index (Phi) is 8.38. The third kappa shape index (κ3) is 5.26. The zero-order valence-corrected chi connectivity index (χ0v) is 21.1. The first-order valence-corrected chi connectivity index (χ1v) is 11.2.